The van der Waals surface area contributed by atoms with E-state index in [1.807, 2.05) is 97.0 Å². The topological polar surface area (TPSA) is 332 Å². The molecule has 2 heterocycles. The Kier molecular flexibility index (Phi) is 40.7. The number of hydrogen-bond acceptors (Lipinski definition) is 24. The number of hydrogen-bond donors (Lipinski definition) is 6. The van der Waals surface area contributed by atoms with Crippen LogP contribution in [-0.2, 0) is 66.6 Å². The molecule has 6 N–H and O–H groups in total. The van der Waals surface area contributed by atoms with E-state index in [2.05, 4.69) is 31.9 Å². The van der Waals surface area contributed by atoms with Gasteiger partial charge in [-0.05, 0) is 130 Å². The summed E-state index contributed by atoms with van der Waals surface area (Å²) in [6.45, 7) is 23.9. The van der Waals surface area contributed by atoms with E-state index in [9.17, 15) is 14.4 Å². The first-order chi connectivity index (χ1) is 51.7. The first-order valence-corrected chi connectivity index (χ1v) is 37.3. The number of para-hydroxylation sites is 4. The Morgan fingerprint density at radius 1 is 0.346 bits per heavy atom. The molecule has 2 aliphatic rings. The first-order valence-electron chi connectivity index (χ1n) is 37.3. The third-order valence-corrected chi connectivity index (χ3v) is 15.7. The van der Waals surface area contributed by atoms with E-state index in [1.165, 1.54) is 12.1 Å². The molecule has 6 rings (SSSR count). The summed E-state index contributed by atoms with van der Waals surface area (Å²) in [4.78, 5) is 88.5. The van der Waals surface area contributed by atoms with Crippen LogP contribution < -0.4 is 69.8 Å². The zero-order valence-electron chi connectivity index (χ0n) is 64.1. The Labute approximate surface area is 629 Å². The molecular weight excluding hydrogens is 1390 g/mol. The fraction of sp³-hybridized carbons (Fsp3) is 0.615. The number of fused-ring (bicyclic) bond motifs is 4. The SMILES string of the molecule is CCCN[C@@H](CC(C)C)C(=O)NC(=O)[C@@H](NC(=O)[C@H](CC(C)C)NC(=O)[C@@H](NC(=O)[C@H](CC(C)C)NC(=O)OC(C)(C)C)c1ccc2c(c1)OCCOCCOCCOc1ccccc1OCCOCCOCCO2)c1ccc2c(c1)OCCOCCOCCOc1ccccc1OCCOCCOCCO2. The third kappa shape index (κ3) is 34.7. The minimum absolute atomic E-state index is 0.00115. The summed E-state index contributed by atoms with van der Waals surface area (Å²) < 4.78 is 101. The fourth-order valence-electron chi connectivity index (χ4n) is 10.8. The number of carbonyl (C=O) groups excluding carboxylic acids is 6. The van der Waals surface area contributed by atoms with E-state index in [-0.39, 0.29) is 210 Å². The fourth-order valence-corrected chi connectivity index (χ4v) is 10.8. The number of rotatable bonds is 20. The van der Waals surface area contributed by atoms with Crippen molar-refractivity contribution in [3.8, 4) is 46.0 Å². The molecule has 29 nitrogen and oxygen atoms in total. The van der Waals surface area contributed by atoms with Crippen molar-refractivity contribution in [1.29, 1.82) is 0 Å². The van der Waals surface area contributed by atoms with Crippen LogP contribution in [0.25, 0.3) is 0 Å². The highest BCUT2D eigenvalue weighted by Crippen LogP contribution is 2.34. The summed E-state index contributed by atoms with van der Waals surface area (Å²) in [5.74, 6) is -1.14. The molecule has 6 amide bonds. The molecule has 0 saturated heterocycles. The van der Waals surface area contributed by atoms with Gasteiger partial charge in [0.1, 0.15) is 82.6 Å². The molecule has 596 valence electrons. The van der Waals surface area contributed by atoms with Crippen LogP contribution >= 0.6 is 0 Å². The van der Waals surface area contributed by atoms with E-state index >= 15 is 14.4 Å². The maximum Gasteiger partial charge on any atom is 0.408 e. The van der Waals surface area contributed by atoms with Crippen LogP contribution in [0.3, 0.4) is 0 Å². The Hall–Kier alpha value is -8.26. The van der Waals surface area contributed by atoms with Gasteiger partial charge >= 0.3 is 6.09 Å². The van der Waals surface area contributed by atoms with Crippen molar-refractivity contribution in [2.45, 2.75) is 131 Å². The van der Waals surface area contributed by atoms with Crippen LogP contribution in [0.15, 0.2) is 84.9 Å². The van der Waals surface area contributed by atoms with Gasteiger partial charge in [-0.25, -0.2) is 4.79 Å². The summed E-state index contributed by atoms with van der Waals surface area (Å²) in [6.07, 6.45) is 0.375. The van der Waals surface area contributed by atoms with Gasteiger partial charge in [0.25, 0.3) is 5.91 Å². The molecule has 2 aliphatic heterocycles. The minimum Gasteiger partial charge on any atom is -0.487 e. The number of alkyl carbamates (subject to hydrolysis) is 1. The zero-order valence-corrected chi connectivity index (χ0v) is 64.1. The van der Waals surface area contributed by atoms with Gasteiger partial charge in [-0.1, -0.05) is 84.9 Å². The highest BCUT2D eigenvalue weighted by Gasteiger charge is 2.36. The number of amides is 6. The molecule has 107 heavy (non-hydrogen) atoms. The van der Waals surface area contributed by atoms with Crippen LogP contribution in [0, 0.1) is 17.8 Å². The predicted octanol–water partition coefficient (Wildman–Crippen LogP) is 7.82. The lowest BCUT2D eigenvalue weighted by molar-refractivity contribution is -0.136. The van der Waals surface area contributed by atoms with E-state index in [1.54, 1.807) is 45.0 Å². The number of nitrogens with one attached hydrogen (secondary N) is 6. The van der Waals surface area contributed by atoms with Crippen molar-refractivity contribution in [2.75, 3.05) is 165 Å². The van der Waals surface area contributed by atoms with Gasteiger partial charge in [-0.2, -0.15) is 0 Å². The number of benzene rings is 4. The Morgan fingerprint density at radius 2 is 0.636 bits per heavy atom. The molecule has 5 atom stereocenters. The normalized spacial score (nSPS) is 17.4. The predicted molar refractivity (Wildman–Crippen MR) is 397 cm³/mol. The molecule has 0 aliphatic carbocycles. The maximum atomic E-state index is 15.5. The molecule has 4 aromatic carbocycles. The Balaban J connectivity index is 1.31. The standard InChI is InChI=1S/C78H116N6O23/c1-11-24-79-59(49-54(2)3)72(85)84-76(89)71(58-21-23-67-69(53-58)106-48-40-98-32-30-94-36-44-102-65-19-15-13-17-63(65)100-42-34-92-26-28-96-38-46-104-67)83-73(86)60(50-55(4)5)80-75(88)70(82-74(87)61(51-56(6)7)81-77(90)107-78(8,9)10)57-20-22-66-68(52-57)105-47-39-97-31-29-93-35-43-101-64-18-14-12-16-62(64)99-41-33-91-25-27-95-37-45-103-66/h12-23,52-56,59-61,70-71,79H,11,24-51H2,1-10H3,(H,80,88)(H,81,90)(H,82,87)(H,83,86)(H,84,85,89)/t59-,60-,61-,70-,71-/m0/s1. The van der Waals surface area contributed by atoms with E-state index < -0.39 is 71.4 Å². The summed E-state index contributed by atoms with van der Waals surface area (Å²) in [6, 6.07) is 17.5. The molecule has 0 bridgehead atoms. The third-order valence-electron chi connectivity index (χ3n) is 15.7. The van der Waals surface area contributed by atoms with Crippen LogP contribution in [0.5, 0.6) is 46.0 Å². The summed E-state index contributed by atoms with van der Waals surface area (Å²) >= 11 is 0. The molecule has 0 radical (unpaired) electrons. The lowest BCUT2D eigenvalue weighted by Gasteiger charge is -2.29. The molecule has 4 aromatic rings. The van der Waals surface area contributed by atoms with Gasteiger partial charge in [0.05, 0.1) is 112 Å². The van der Waals surface area contributed by atoms with Crippen molar-refractivity contribution < 1.29 is 109 Å². The summed E-state index contributed by atoms with van der Waals surface area (Å²) in [5.41, 5.74) is -0.566. The van der Waals surface area contributed by atoms with Crippen molar-refractivity contribution in [2.24, 2.45) is 17.8 Å². The molecule has 0 aromatic heterocycles. The van der Waals surface area contributed by atoms with Gasteiger partial charge in [0.2, 0.25) is 23.6 Å². The number of carbonyl (C=O) groups is 6. The van der Waals surface area contributed by atoms with Gasteiger partial charge in [-0.3, -0.25) is 29.3 Å². The monoisotopic (exact) mass is 1500 g/mol. The first kappa shape index (κ1) is 87.6. The second-order valence-corrected chi connectivity index (χ2v) is 27.4. The maximum absolute atomic E-state index is 15.5. The van der Waals surface area contributed by atoms with Crippen molar-refractivity contribution in [1.82, 2.24) is 31.9 Å². The van der Waals surface area contributed by atoms with E-state index in [0.29, 0.717) is 55.6 Å². The zero-order chi connectivity index (χ0) is 77.0. The van der Waals surface area contributed by atoms with Gasteiger partial charge < -0.3 is 107 Å². The van der Waals surface area contributed by atoms with Crippen LogP contribution in [-0.4, -0.2) is 224 Å². The highest BCUT2D eigenvalue weighted by molar-refractivity contribution is 6.02. The summed E-state index contributed by atoms with van der Waals surface area (Å²) in [5, 5.41) is 17.2. The molecule has 0 saturated carbocycles. The van der Waals surface area contributed by atoms with Crippen LogP contribution in [0.1, 0.15) is 118 Å². The number of imide groups is 1. The average Bonchev–Trinajstić information content (AvgIpc) is 0.816. The molecule has 0 unspecified atom stereocenters. The van der Waals surface area contributed by atoms with Crippen LogP contribution in [0.4, 0.5) is 4.79 Å². The summed E-state index contributed by atoms with van der Waals surface area (Å²) in [7, 11) is 0. The van der Waals surface area contributed by atoms with Crippen LogP contribution in [0.2, 0.25) is 0 Å². The van der Waals surface area contributed by atoms with Crippen molar-refractivity contribution in [3.05, 3.63) is 96.1 Å². The van der Waals surface area contributed by atoms with E-state index in [4.69, 9.17) is 80.5 Å². The van der Waals surface area contributed by atoms with Gasteiger partial charge in [0, 0.05) is 0 Å². The van der Waals surface area contributed by atoms with E-state index in [0.717, 1.165) is 0 Å². The quantitative estimate of drug-likeness (QED) is 0.0491. The highest BCUT2D eigenvalue weighted by atomic mass is 16.6. The second-order valence-electron chi connectivity index (χ2n) is 27.4. The lowest BCUT2D eigenvalue weighted by atomic mass is 9.98. The Bertz CT molecular complexity index is 3260. The smallest absolute Gasteiger partial charge is 0.408 e. The number of ether oxygens (including phenoxy) is 17. The lowest BCUT2D eigenvalue weighted by Crippen LogP contribution is -2.55. The average molecular weight is 1510 g/mol. The van der Waals surface area contributed by atoms with Gasteiger partial charge in [-0.15, -0.1) is 0 Å². The molecule has 0 fully saturated rings. The Morgan fingerprint density at radius 3 is 0.953 bits per heavy atom. The van der Waals surface area contributed by atoms with Crippen molar-refractivity contribution >= 4 is 35.6 Å². The molecule has 29 heteroatoms. The van der Waals surface area contributed by atoms with Crippen molar-refractivity contribution in [3.63, 3.8) is 0 Å². The molecule has 0 spiro atoms. The molecular formula is C78H116N6O23. The largest absolute Gasteiger partial charge is 0.487 e. The minimum atomic E-state index is -1.61. The second kappa shape index (κ2) is 49.6. The van der Waals surface area contributed by atoms with Gasteiger partial charge in [0.15, 0.2) is 46.0 Å².